The first kappa shape index (κ1) is 21.5. The third-order valence-corrected chi connectivity index (χ3v) is 6.38. The van der Waals surface area contributed by atoms with Gasteiger partial charge in [-0.1, -0.05) is 18.2 Å². The molecule has 1 atom stereocenters. The number of amides is 1. The molecule has 0 aliphatic carbocycles. The average Bonchev–Trinajstić information content (AvgIpc) is 3.46. The van der Waals surface area contributed by atoms with E-state index < -0.39 is 0 Å². The lowest BCUT2D eigenvalue weighted by Gasteiger charge is -2.25. The Balaban J connectivity index is 1.64. The third kappa shape index (κ3) is 4.59. The van der Waals surface area contributed by atoms with Gasteiger partial charge in [-0.25, -0.2) is 4.68 Å². The highest BCUT2D eigenvalue weighted by Gasteiger charge is 2.24. The van der Waals surface area contributed by atoms with Gasteiger partial charge in [0.25, 0.3) is 0 Å². The predicted octanol–water partition coefficient (Wildman–Crippen LogP) is 5.05. The van der Waals surface area contributed by atoms with Gasteiger partial charge in [-0.2, -0.15) is 5.10 Å². The fourth-order valence-electron chi connectivity index (χ4n) is 4.80. The molecular formula is C26H31N5O2. The molecule has 7 nitrogen and oxygen atoms in total. The van der Waals surface area contributed by atoms with Gasteiger partial charge in [0, 0.05) is 37.7 Å². The van der Waals surface area contributed by atoms with Gasteiger partial charge in [0.15, 0.2) is 6.23 Å². The Labute approximate surface area is 194 Å². The number of rotatable bonds is 5. The lowest BCUT2D eigenvalue weighted by atomic mass is 10.1. The smallest absolute Gasteiger partial charge is 0.221 e. The van der Waals surface area contributed by atoms with Gasteiger partial charge in [0.2, 0.25) is 5.91 Å². The van der Waals surface area contributed by atoms with Crippen molar-refractivity contribution in [2.75, 3.05) is 35.6 Å². The summed E-state index contributed by atoms with van der Waals surface area (Å²) in [5.74, 6) is -0.0744. The van der Waals surface area contributed by atoms with Crippen molar-refractivity contribution in [3.05, 3.63) is 47.7 Å². The summed E-state index contributed by atoms with van der Waals surface area (Å²) < 4.78 is 8.13. The molecule has 1 amide bonds. The number of aromatic nitrogens is 2. The minimum Gasteiger partial charge on any atom is -0.399 e. The Morgan fingerprint density at radius 2 is 2.00 bits per heavy atom. The topological polar surface area (TPSA) is 85.4 Å². The van der Waals surface area contributed by atoms with Gasteiger partial charge < -0.3 is 20.7 Å². The molecule has 1 aromatic heterocycles. The minimum atomic E-state index is -0.0752. The van der Waals surface area contributed by atoms with E-state index in [0.717, 1.165) is 91.0 Å². The molecule has 0 spiro atoms. The number of ether oxygens (including phenoxy) is 1. The maximum Gasteiger partial charge on any atom is 0.221 e. The summed E-state index contributed by atoms with van der Waals surface area (Å²) in [6, 6.07) is 12.0. The molecule has 0 radical (unpaired) electrons. The van der Waals surface area contributed by atoms with Crippen LogP contribution >= 0.6 is 0 Å². The van der Waals surface area contributed by atoms with Crippen LogP contribution in [-0.4, -0.2) is 35.4 Å². The van der Waals surface area contributed by atoms with E-state index in [4.69, 9.17) is 15.6 Å². The summed E-state index contributed by atoms with van der Waals surface area (Å²) in [5, 5.41) is 9.03. The number of carbonyl (C=O) groups is 1. The average molecular weight is 446 g/mol. The molecule has 3 N–H and O–H groups in total. The van der Waals surface area contributed by atoms with Crippen LogP contribution in [0.4, 0.5) is 17.1 Å². The van der Waals surface area contributed by atoms with E-state index in [-0.39, 0.29) is 12.1 Å². The van der Waals surface area contributed by atoms with Crippen molar-refractivity contribution in [3.63, 3.8) is 0 Å². The van der Waals surface area contributed by atoms with Crippen molar-refractivity contribution in [3.8, 4) is 0 Å². The normalized spacial score (nSPS) is 18.9. The van der Waals surface area contributed by atoms with Crippen molar-refractivity contribution in [2.24, 2.45) is 0 Å². The molecule has 3 heterocycles. The second-order valence-electron chi connectivity index (χ2n) is 8.92. The van der Waals surface area contributed by atoms with Crippen molar-refractivity contribution in [1.82, 2.24) is 9.78 Å². The fourth-order valence-corrected chi connectivity index (χ4v) is 4.80. The minimum absolute atomic E-state index is 0.0744. The summed E-state index contributed by atoms with van der Waals surface area (Å²) >= 11 is 0. The Morgan fingerprint density at radius 3 is 2.73 bits per heavy atom. The molecule has 2 aliphatic heterocycles. The fraction of sp³-hybridized carbons (Fsp3) is 0.385. The van der Waals surface area contributed by atoms with Crippen LogP contribution in [0.2, 0.25) is 0 Å². The van der Waals surface area contributed by atoms with Crippen LogP contribution in [0.25, 0.3) is 23.1 Å². The maximum absolute atomic E-state index is 12.0. The third-order valence-electron chi connectivity index (χ3n) is 6.38. The first-order valence-corrected chi connectivity index (χ1v) is 11.8. The van der Waals surface area contributed by atoms with Crippen molar-refractivity contribution < 1.29 is 9.53 Å². The van der Waals surface area contributed by atoms with Crippen molar-refractivity contribution >= 4 is 46.0 Å². The number of anilines is 3. The van der Waals surface area contributed by atoms with Crippen LogP contribution in [-0.2, 0) is 9.53 Å². The molecule has 2 saturated heterocycles. The molecule has 0 saturated carbocycles. The molecule has 2 aromatic carbocycles. The molecule has 172 valence electrons. The molecule has 1 unspecified atom stereocenters. The quantitative estimate of drug-likeness (QED) is 0.537. The van der Waals surface area contributed by atoms with E-state index in [1.807, 2.05) is 41.1 Å². The monoisotopic (exact) mass is 445 g/mol. The summed E-state index contributed by atoms with van der Waals surface area (Å²) in [4.78, 5) is 14.4. The van der Waals surface area contributed by atoms with E-state index in [1.54, 1.807) is 6.92 Å². The van der Waals surface area contributed by atoms with Gasteiger partial charge in [-0.05, 0) is 68.0 Å². The Morgan fingerprint density at radius 1 is 1.15 bits per heavy atom. The highest BCUT2D eigenvalue weighted by Crippen LogP contribution is 2.37. The van der Waals surface area contributed by atoms with E-state index in [2.05, 4.69) is 22.3 Å². The first-order valence-electron chi connectivity index (χ1n) is 11.8. The zero-order chi connectivity index (χ0) is 22.8. The van der Waals surface area contributed by atoms with E-state index in [9.17, 15) is 4.79 Å². The molecule has 2 fully saturated rings. The van der Waals surface area contributed by atoms with Gasteiger partial charge in [-0.15, -0.1) is 0 Å². The molecule has 5 rings (SSSR count). The van der Waals surface area contributed by atoms with Gasteiger partial charge in [-0.3, -0.25) is 4.79 Å². The number of hydrogen-bond acceptors (Lipinski definition) is 5. The summed E-state index contributed by atoms with van der Waals surface area (Å²) in [6.45, 7) is 4.30. The lowest BCUT2D eigenvalue weighted by Crippen LogP contribution is -2.21. The number of hydrogen-bond donors (Lipinski definition) is 2. The highest BCUT2D eigenvalue weighted by atomic mass is 16.5. The number of nitrogens with two attached hydrogens (primary N) is 1. The number of nitrogen functional groups attached to an aromatic ring is 1. The van der Waals surface area contributed by atoms with Crippen LogP contribution in [0.1, 0.15) is 56.5 Å². The zero-order valence-corrected chi connectivity index (χ0v) is 19.1. The Hall–Kier alpha value is -3.32. The van der Waals surface area contributed by atoms with E-state index in [0.29, 0.717) is 0 Å². The van der Waals surface area contributed by atoms with Crippen molar-refractivity contribution in [2.45, 2.75) is 45.3 Å². The SMILES string of the molecule is CC(=O)Nc1cc2c(C=Cc3cccc(N)c3)nn(C3CCCCO3)c2cc1N1CCCC1. The van der Waals surface area contributed by atoms with Gasteiger partial charge >= 0.3 is 0 Å². The van der Waals surface area contributed by atoms with E-state index in [1.165, 1.54) is 0 Å². The predicted molar refractivity (Wildman–Crippen MR) is 134 cm³/mol. The lowest BCUT2D eigenvalue weighted by molar-refractivity contribution is -0.114. The number of nitrogens with one attached hydrogen (secondary N) is 1. The number of benzene rings is 2. The second kappa shape index (κ2) is 9.27. The van der Waals surface area contributed by atoms with Gasteiger partial charge in [0.1, 0.15) is 0 Å². The molecule has 7 heteroatoms. The van der Waals surface area contributed by atoms with Gasteiger partial charge in [0.05, 0.1) is 22.6 Å². The second-order valence-corrected chi connectivity index (χ2v) is 8.92. The molecule has 0 bridgehead atoms. The van der Waals surface area contributed by atoms with Crippen LogP contribution in [0.3, 0.4) is 0 Å². The molecular weight excluding hydrogens is 414 g/mol. The number of carbonyl (C=O) groups excluding carboxylic acids is 1. The summed E-state index contributed by atoms with van der Waals surface area (Å²) in [6.07, 6.45) is 9.45. The molecule has 2 aliphatic rings. The van der Waals surface area contributed by atoms with E-state index >= 15 is 0 Å². The zero-order valence-electron chi connectivity index (χ0n) is 19.1. The summed E-state index contributed by atoms with van der Waals surface area (Å²) in [5.41, 5.74) is 11.5. The van der Waals surface area contributed by atoms with Crippen molar-refractivity contribution in [1.29, 1.82) is 0 Å². The van der Waals surface area contributed by atoms with Crippen LogP contribution < -0.4 is 16.0 Å². The Kier molecular flexibility index (Phi) is 6.05. The van der Waals surface area contributed by atoms with Crippen LogP contribution in [0.5, 0.6) is 0 Å². The Bertz CT molecular complexity index is 1190. The summed E-state index contributed by atoms with van der Waals surface area (Å²) in [7, 11) is 0. The standard InChI is InChI=1S/C26H31N5O2/c1-18(32)28-23-16-21-22(11-10-19-7-6-8-20(27)15-19)29-31(26-9-2-5-14-33-26)24(21)17-25(23)30-12-3-4-13-30/h6-8,10-11,15-17,26H,2-5,9,12-14,27H2,1H3,(H,28,32). The molecule has 33 heavy (non-hydrogen) atoms. The first-order chi connectivity index (χ1) is 16.1. The highest BCUT2D eigenvalue weighted by molar-refractivity contribution is 6.01. The van der Waals surface area contributed by atoms with Crippen LogP contribution in [0.15, 0.2) is 36.4 Å². The maximum atomic E-state index is 12.0. The number of fused-ring (bicyclic) bond motifs is 1. The van der Waals surface area contributed by atoms with Crippen LogP contribution in [0, 0.1) is 0 Å². The molecule has 3 aromatic rings. The number of nitrogens with zero attached hydrogens (tertiary/aromatic N) is 3. The largest absolute Gasteiger partial charge is 0.399 e.